The lowest BCUT2D eigenvalue weighted by atomic mass is 10.1. The standard InChI is InChI=1S/C15H25N3O/c1-4-18(3)12-14-7-5-6-13(10-14)11-17-15(19)8-9-16-2/h5-7,10,16H,4,8-9,11-12H2,1-3H3,(H,17,19). The molecule has 0 bridgehead atoms. The second kappa shape index (κ2) is 8.67. The molecule has 0 aliphatic rings. The highest BCUT2D eigenvalue weighted by Crippen LogP contribution is 2.07. The normalized spacial score (nSPS) is 10.7. The van der Waals surface area contributed by atoms with Crippen LogP contribution in [-0.4, -0.2) is 38.0 Å². The Kier molecular flexibility index (Phi) is 7.15. The molecule has 0 fully saturated rings. The molecule has 106 valence electrons. The van der Waals surface area contributed by atoms with Crippen LogP contribution in [0.3, 0.4) is 0 Å². The fourth-order valence-electron chi connectivity index (χ4n) is 1.79. The van der Waals surface area contributed by atoms with Gasteiger partial charge in [0.1, 0.15) is 0 Å². The van der Waals surface area contributed by atoms with Crippen LogP contribution >= 0.6 is 0 Å². The molecule has 0 radical (unpaired) electrons. The molecule has 0 unspecified atom stereocenters. The molecule has 0 spiro atoms. The second-order valence-corrected chi connectivity index (χ2v) is 4.78. The average Bonchev–Trinajstić information content (AvgIpc) is 2.43. The molecule has 0 aliphatic heterocycles. The molecule has 0 aliphatic carbocycles. The number of hydrogen-bond acceptors (Lipinski definition) is 3. The number of nitrogens with one attached hydrogen (secondary N) is 2. The van der Waals surface area contributed by atoms with Crippen molar-refractivity contribution < 1.29 is 4.79 Å². The average molecular weight is 263 g/mol. The maximum absolute atomic E-state index is 11.5. The minimum absolute atomic E-state index is 0.0884. The van der Waals surface area contributed by atoms with Gasteiger partial charge in [0.2, 0.25) is 5.91 Å². The van der Waals surface area contributed by atoms with Crippen LogP contribution in [0.1, 0.15) is 24.5 Å². The van der Waals surface area contributed by atoms with E-state index < -0.39 is 0 Å². The van der Waals surface area contributed by atoms with Crippen LogP contribution in [0.2, 0.25) is 0 Å². The zero-order valence-electron chi connectivity index (χ0n) is 12.2. The Morgan fingerprint density at radius 2 is 2.05 bits per heavy atom. The molecule has 4 heteroatoms. The van der Waals surface area contributed by atoms with Gasteiger partial charge in [0, 0.05) is 26.1 Å². The first-order chi connectivity index (χ1) is 9.15. The van der Waals surface area contributed by atoms with E-state index in [2.05, 4.69) is 41.6 Å². The fourth-order valence-corrected chi connectivity index (χ4v) is 1.79. The molecule has 4 nitrogen and oxygen atoms in total. The molecule has 1 amide bonds. The van der Waals surface area contributed by atoms with E-state index in [-0.39, 0.29) is 5.91 Å². The molecule has 2 N–H and O–H groups in total. The van der Waals surface area contributed by atoms with Crippen LogP contribution < -0.4 is 10.6 Å². The van der Waals surface area contributed by atoms with E-state index in [0.29, 0.717) is 19.5 Å². The first kappa shape index (κ1) is 15.7. The molecule has 0 heterocycles. The summed E-state index contributed by atoms with van der Waals surface area (Å²) in [5.41, 5.74) is 2.44. The third-order valence-corrected chi connectivity index (χ3v) is 3.08. The zero-order chi connectivity index (χ0) is 14.1. The molecule has 0 saturated carbocycles. The smallest absolute Gasteiger partial charge is 0.221 e. The maximum atomic E-state index is 11.5. The molecule has 19 heavy (non-hydrogen) atoms. The summed E-state index contributed by atoms with van der Waals surface area (Å²) < 4.78 is 0. The van der Waals surface area contributed by atoms with Crippen LogP contribution in [-0.2, 0) is 17.9 Å². The van der Waals surface area contributed by atoms with Gasteiger partial charge in [-0.2, -0.15) is 0 Å². The van der Waals surface area contributed by atoms with Crippen molar-refractivity contribution in [2.45, 2.75) is 26.4 Å². The Bertz CT molecular complexity index is 393. The Morgan fingerprint density at radius 3 is 2.74 bits per heavy atom. The second-order valence-electron chi connectivity index (χ2n) is 4.78. The third kappa shape index (κ3) is 6.36. The molecule has 0 atom stereocenters. The number of carbonyl (C=O) groups excluding carboxylic acids is 1. The van der Waals surface area contributed by atoms with Gasteiger partial charge in [-0.1, -0.05) is 31.2 Å². The molecule has 0 aromatic heterocycles. The Balaban J connectivity index is 2.45. The van der Waals surface area contributed by atoms with Crippen molar-refractivity contribution in [3.8, 4) is 0 Å². The molecular weight excluding hydrogens is 238 g/mol. The number of amides is 1. The van der Waals surface area contributed by atoms with Gasteiger partial charge < -0.3 is 15.5 Å². The van der Waals surface area contributed by atoms with Crippen molar-refractivity contribution in [1.82, 2.24) is 15.5 Å². The number of nitrogens with zero attached hydrogens (tertiary/aromatic N) is 1. The lowest BCUT2D eigenvalue weighted by Gasteiger charge is -2.14. The van der Waals surface area contributed by atoms with Crippen molar-refractivity contribution in [3.05, 3.63) is 35.4 Å². The molecule has 1 aromatic rings. The van der Waals surface area contributed by atoms with Gasteiger partial charge in [-0.05, 0) is 31.8 Å². The van der Waals surface area contributed by atoms with Gasteiger partial charge in [-0.25, -0.2) is 0 Å². The summed E-state index contributed by atoms with van der Waals surface area (Å²) in [5.74, 6) is 0.0884. The molecule has 1 rings (SSSR count). The largest absolute Gasteiger partial charge is 0.352 e. The minimum Gasteiger partial charge on any atom is -0.352 e. The lowest BCUT2D eigenvalue weighted by Crippen LogP contribution is -2.26. The van der Waals surface area contributed by atoms with E-state index in [1.807, 2.05) is 19.2 Å². The van der Waals surface area contributed by atoms with E-state index in [4.69, 9.17) is 0 Å². The monoisotopic (exact) mass is 263 g/mol. The van der Waals surface area contributed by atoms with Gasteiger partial charge in [0.25, 0.3) is 0 Å². The molecule has 1 aromatic carbocycles. The van der Waals surface area contributed by atoms with Crippen molar-refractivity contribution in [1.29, 1.82) is 0 Å². The molecular formula is C15H25N3O. The Labute approximate surface area is 116 Å². The SMILES string of the molecule is CCN(C)Cc1cccc(CNC(=O)CCNC)c1. The van der Waals surface area contributed by atoms with Crippen LogP contribution in [0, 0.1) is 0 Å². The summed E-state index contributed by atoms with van der Waals surface area (Å²) in [4.78, 5) is 13.8. The first-order valence-electron chi connectivity index (χ1n) is 6.83. The fraction of sp³-hybridized carbons (Fsp3) is 0.533. The quantitative estimate of drug-likeness (QED) is 0.744. The van der Waals surface area contributed by atoms with Crippen LogP contribution in [0.15, 0.2) is 24.3 Å². The van der Waals surface area contributed by atoms with Gasteiger partial charge in [-0.3, -0.25) is 4.79 Å². The topological polar surface area (TPSA) is 44.4 Å². The highest BCUT2D eigenvalue weighted by atomic mass is 16.1. The van der Waals surface area contributed by atoms with Gasteiger partial charge in [0.05, 0.1) is 0 Å². The Morgan fingerprint density at radius 1 is 1.32 bits per heavy atom. The van der Waals surface area contributed by atoms with Crippen molar-refractivity contribution in [2.75, 3.05) is 27.2 Å². The third-order valence-electron chi connectivity index (χ3n) is 3.08. The van der Waals surface area contributed by atoms with Crippen molar-refractivity contribution in [3.63, 3.8) is 0 Å². The highest BCUT2D eigenvalue weighted by molar-refractivity contribution is 5.76. The summed E-state index contributed by atoms with van der Waals surface area (Å²) in [6, 6.07) is 8.38. The van der Waals surface area contributed by atoms with Crippen LogP contribution in [0.25, 0.3) is 0 Å². The number of carbonyl (C=O) groups is 1. The van der Waals surface area contributed by atoms with E-state index in [0.717, 1.165) is 18.7 Å². The first-order valence-corrected chi connectivity index (χ1v) is 6.83. The van der Waals surface area contributed by atoms with E-state index in [1.165, 1.54) is 5.56 Å². The van der Waals surface area contributed by atoms with Crippen molar-refractivity contribution in [2.24, 2.45) is 0 Å². The lowest BCUT2D eigenvalue weighted by molar-refractivity contribution is -0.121. The van der Waals surface area contributed by atoms with Crippen LogP contribution in [0.5, 0.6) is 0 Å². The highest BCUT2D eigenvalue weighted by Gasteiger charge is 2.02. The number of rotatable bonds is 8. The summed E-state index contributed by atoms with van der Waals surface area (Å²) in [6.07, 6.45) is 0.523. The summed E-state index contributed by atoms with van der Waals surface area (Å²) in [5, 5.41) is 5.90. The number of hydrogen-bond donors (Lipinski definition) is 2. The zero-order valence-corrected chi connectivity index (χ0v) is 12.2. The molecule has 0 saturated heterocycles. The summed E-state index contributed by atoms with van der Waals surface area (Å²) >= 11 is 0. The number of benzene rings is 1. The van der Waals surface area contributed by atoms with Gasteiger partial charge >= 0.3 is 0 Å². The minimum atomic E-state index is 0.0884. The van der Waals surface area contributed by atoms with Crippen molar-refractivity contribution >= 4 is 5.91 Å². The van der Waals surface area contributed by atoms with E-state index in [1.54, 1.807) is 0 Å². The Hall–Kier alpha value is -1.39. The maximum Gasteiger partial charge on any atom is 0.221 e. The van der Waals surface area contributed by atoms with Gasteiger partial charge in [0.15, 0.2) is 0 Å². The van der Waals surface area contributed by atoms with Crippen LogP contribution in [0.4, 0.5) is 0 Å². The van der Waals surface area contributed by atoms with E-state index in [9.17, 15) is 4.79 Å². The predicted octanol–water partition coefficient (Wildman–Crippen LogP) is 1.36. The van der Waals surface area contributed by atoms with E-state index >= 15 is 0 Å². The summed E-state index contributed by atoms with van der Waals surface area (Å²) in [6.45, 7) is 5.44. The summed E-state index contributed by atoms with van der Waals surface area (Å²) in [7, 11) is 3.95. The predicted molar refractivity (Wildman–Crippen MR) is 78.8 cm³/mol. The van der Waals surface area contributed by atoms with Gasteiger partial charge in [-0.15, -0.1) is 0 Å².